The maximum atomic E-state index is 5.53. The minimum atomic E-state index is -0.0512. The molecule has 0 radical (unpaired) electrons. The molecule has 4 unspecified atom stereocenters. The molecule has 23 heterocycles. The summed E-state index contributed by atoms with van der Waals surface area (Å²) in [7, 11) is 6.35. The van der Waals surface area contributed by atoms with Crippen LogP contribution in [-0.2, 0) is 10.8 Å². The highest BCUT2D eigenvalue weighted by Gasteiger charge is 2.45. The molecular weight excluding hydrogens is 1630 g/mol. The zero-order valence-corrected chi connectivity index (χ0v) is 79.0. The molecule has 700 valence electrons. The Labute approximate surface area is 761 Å². The standard InChI is InChI=1S/C15H23N3O.C13H19N3O.C13H21N3O.C12H17N3O.2C11H15N3O.2C11H17N3O/c1-18-10-6-9-13(11-18)15-16-14(17-19-15)12-7-4-2-3-5-8-12;1-2-10(3-1)12-14-13(17-15-12)11-8-16-6-4-9(11)5-7-16;1-13(2,3)12-14-11(17-15-12)10-8-16-6-4-9(10)5-7-16;1-2-9(1)11-13-12(16-14-11)10-7-15-5-3-8(10)4-6-15;1-2-7(1)10-12-11(15-13-10)9-6-14-4-3-8(9)5-14;1-14-6-2-3-9(7-14)11-12-10(13-15-11)8-4-5-8;1-11(2,3)10-13-9(15-14-10)8-5-4-6-12-7-8;1-8(2)10-12-11(15-13-10)9-5-4-6-14(3)7-9/h9,12H,2-8,10-11H2,1H3;9-11H,1-8H2;9-10H,4-8H2,1-3H3;8-10H,1-7H2;7-9H,1-6H2;3,8H,2,4-7H2,1H3;5,12H,4,6-7H2,1-3H3;5,8H,4,6-7H2,1-3H3/t;;;;8-,9-;;;/m....0.../s1. The van der Waals surface area contributed by atoms with Gasteiger partial charge in [-0.05, 0) is 232 Å². The molecule has 5 aliphatic carbocycles. The van der Waals surface area contributed by atoms with Gasteiger partial charge in [0.15, 0.2) is 46.6 Å². The van der Waals surface area contributed by atoms with Gasteiger partial charge in [-0.3, -0.25) is 0 Å². The number of hydrogen-bond acceptors (Lipinski definition) is 32. The van der Waals surface area contributed by atoms with E-state index in [1.165, 1.54) is 205 Å². The highest BCUT2D eigenvalue weighted by molar-refractivity contribution is 5.63. The number of hydrogen-bond donors (Lipinski definition) is 1. The molecule has 6 atom stereocenters. The van der Waals surface area contributed by atoms with Crippen LogP contribution in [0.1, 0.15) is 375 Å². The van der Waals surface area contributed by atoms with Crippen LogP contribution in [0.2, 0.25) is 0 Å². The zero-order valence-electron chi connectivity index (χ0n) is 79.0. The van der Waals surface area contributed by atoms with E-state index in [-0.39, 0.29) is 10.8 Å². The average Bonchev–Trinajstić information content (AvgIpc) is 1.76. The van der Waals surface area contributed by atoms with Crippen molar-refractivity contribution in [3.05, 3.63) is 118 Å². The van der Waals surface area contributed by atoms with E-state index >= 15 is 0 Å². The quantitative estimate of drug-likeness (QED) is 0.0988. The second-order valence-corrected chi connectivity index (χ2v) is 42.6. The minimum Gasteiger partial charge on any atom is -0.339 e. The van der Waals surface area contributed by atoms with Gasteiger partial charge < -0.3 is 75.8 Å². The first kappa shape index (κ1) is 91.3. The van der Waals surface area contributed by atoms with Gasteiger partial charge in [0.1, 0.15) is 0 Å². The first-order chi connectivity index (χ1) is 62.6. The van der Waals surface area contributed by atoms with Gasteiger partial charge in [0, 0.05) is 147 Å². The molecule has 8 aromatic rings. The minimum absolute atomic E-state index is 0.0181. The van der Waals surface area contributed by atoms with Gasteiger partial charge in [-0.15, -0.1) is 0 Å². The number of aromatic nitrogens is 16. The molecule has 20 aliphatic rings. The van der Waals surface area contributed by atoms with Crippen LogP contribution in [0.25, 0.3) is 22.3 Å². The number of likely N-dealkylation sites (N-methyl/N-ethyl adjacent to an activating group) is 3. The lowest BCUT2D eigenvalue weighted by Crippen LogP contribution is -2.46. The van der Waals surface area contributed by atoms with Crippen LogP contribution in [0.15, 0.2) is 60.5 Å². The fourth-order valence-corrected chi connectivity index (χ4v) is 20.7. The molecular formula is C97H144N24O8. The lowest BCUT2D eigenvalue weighted by Gasteiger charge is -2.43. The van der Waals surface area contributed by atoms with E-state index in [1.807, 2.05) is 0 Å². The Bertz CT molecular complexity index is 4930. The van der Waals surface area contributed by atoms with Gasteiger partial charge >= 0.3 is 0 Å². The average molecular weight is 1770 g/mol. The van der Waals surface area contributed by atoms with Gasteiger partial charge in [0.25, 0.3) is 23.6 Å². The molecule has 0 spiro atoms. The first-order valence-electron chi connectivity index (χ1n) is 49.8. The van der Waals surface area contributed by atoms with Crippen LogP contribution >= 0.6 is 0 Å². The molecule has 5 saturated carbocycles. The van der Waals surface area contributed by atoms with Crippen LogP contribution in [0.5, 0.6) is 0 Å². The lowest BCUT2D eigenvalue weighted by atomic mass is 9.79. The summed E-state index contributed by atoms with van der Waals surface area (Å²) < 4.78 is 43.2. The molecule has 129 heavy (non-hydrogen) atoms. The third-order valence-corrected chi connectivity index (χ3v) is 29.7. The Morgan fingerprint density at radius 3 is 0.984 bits per heavy atom. The SMILES string of the molecule is C1CC(c2noc(C3CN4CCC3CC4)n2)C1.C1CC1c1noc(C2CN3CCC2CC3)n1.C1CC1c1noc([C@H]2CN3CC[C@H]2C3)n1.CC(C)(C)c1noc(C2=CCCNC2)n1.CC(C)(C)c1noc(C2CN3CCC2CC3)n1.CC(C)c1noc(C2=CCCN(C)C2)n1.CN1CCC=C(c2nc(C3CC3)no2)C1.CN1CCC=C(c2nc(C3CCCCCC3)no2)C1. The van der Waals surface area contributed by atoms with Crippen LogP contribution in [0, 0.1) is 23.7 Å². The van der Waals surface area contributed by atoms with Gasteiger partial charge in [-0.2, -0.15) is 39.9 Å². The number of nitrogens with zero attached hydrogens (tertiary/aromatic N) is 23. The second kappa shape index (κ2) is 41.5. The second-order valence-electron chi connectivity index (χ2n) is 42.6. The third-order valence-electron chi connectivity index (χ3n) is 29.7. The molecule has 32 heteroatoms. The van der Waals surface area contributed by atoms with Gasteiger partial charge in [-0.25, -0.2) is 0 Å². The summed E-state index contributed by atoms with van der Waals surface area (Å²) in [4.78, 5) is 53.3. The summed E-state index contributed by atoms with van der Waals surface area (Å²) in [5, 5.41) is 36.1. The van der Waals surface area contributed by atoms with E-state index < -0.39 is 0 Å². The van der Waals surface area contributed by atoms with Crippen molar-refractivity contribution in [3.63, 3.8) is 0 Å². The van der Waals surface area contributed by atoms with Crippen molar-refractivity contribution < 1.29 is 36.2 Å². The van der Waals surface area contributed by atoms with Crippen molar-refractivity contribution in [1.82, 2.24) is 121 Å². The largest absolute Gasteiger partial charge is 0.339 e. The van der Waals surface area contributed by atoms with Crippen LogP contribution in [0.4, 0.5) is 0 Å². The highest BCUT2D eigenvalue weighted by Crippen LogP contribution is 2.47. The van der Waals surface area contributed by atoms with E-state index in [0.29, 0.717) is 71.0 Å². The van der Waals surface area contributed by atoms with Gasteiger partial charge in [-0.1, -0.05) is 153 Å². The molecule has 11 saturated heterocycles. The Balaban J connectivity index is 0.0000000995. The van der Waals surface area contributed by atoms with Crippen molar-refractivity contribution in [3.8, 4) is 0 Å². The zero-order chi connectivity index (χ0) is 88.7. The topological polar surface area (TPSA) is 346 Å². The molecule has 8 bridgehead atoms. The number of fused-ring (bicyclic) bond motifs is 11. The Morgan fingerprint density at radius 2 is 0.643 bits per heavy atom. The Hall–Kier alpha value is -8.24. The molecule has 15 aliphatic heterocycles. The molecule has 16 fully saturated rings. The maximum Gasteiger partial charge on any atom is 0.254 e. The normalized spacial score (nSPS) is 28.7. The predicted molar refractivity (Wildman–Crippen MR) is 488 cm³/mol. The van der Waals surface area contributed by atoms with E-state index in [9.17, 15) is 0 Å². The summed E-state index contributed by atoms with van der Waals surface area (Å²) in [6, 6.07) is 0. The van der Waals surface area contributed by atoms with E-state index in [2.05, 4.69) is 222 Å². The van der Waals surface area contributed by atoms with Gasteiger partial charge in [0.05, 0.1) is 23.7 Å². The fourth-order valence-electron chi connectivity index (χ4n) is 20.7. The highest BCUT2D eigenvalue weighted by atomic mass is 16.5. The van der Waals surface area contributed by atoms with Crippen molar-refractivity contribution >= 4 is 22.3 Å². The van der Waals surface area contributed by atoms with Crippen LogP contribution in [-0.4, -0.2) is 267 Å². The summed E-state index contributed by atoms with van der Waals surface area (Å²) in [6.07, 6.45) is 41.2. The molecule has 1 N–H and O–H groups in total. The van der Waals surface area contributed by atoms with Crippen molar-refractivity contribution in [1.29, 1.82) is 0 Å². The number of piperidine rings is 10. The van der Waals surface area contributed by atoms with Crippen LogP contribution in [0.3, 0.4) is 0 Å². The molecule has 28 rings (SSSR count). The summed E-state index contributed by atoms with van der Waals surface area (Å²) in [5.41, 5.74) is 4.58. The third kappa shape index (κ3) is 23.7. The fraction of sp³-hybridized carbons (Fsp3) is 0.753. The Kier molecular flexibility index (Phi) is 29.4. The maximum absolute atomic E-state index is 5.53. The number of nitrogens with one attached hydrogen (secondary N) is 1. The van der Waals surface area contributed by atoms with E-state index in [1.54, 1.807) is 0 Å². The molecule has 0 aromatic carbocycles. The molecule has 0 amide bonds. The smallest absolute Gasteiger partial charge is 0.254 e. The summed E-state index contributed by atoms with van der Waals surface area (Å²) in [5.74, 6) is 21.9. The Morgan fingerprint density at radius 1 is 0.310 bits per heavy atom. The monoisotopic (exact) mass is 1770 g/mol. The van der Waals surface area contributed by atoms with Crippen molar-refractivity contribution in [2.45, 2.75) is 292 Å². The van der Waals surface area contributed by atoms with E-state index in [0.717, 1.165) is 221 Å². The predicted octanol–water partition coefficient (Wildman–Crippen LogP) is 16.0. The molecule has 8 aromatic heterocycles. The number of rotatable bonds is 14. The summed E-state index contributed by atoms with van der Waals surface area (Å²) >= 11 is 0. The first-order valence-corrected chi connectivity index (χ1v) is 49.8. The molecule has 32 nitrogen and oxygen atoms in total. The lowest BCUT2D eigenvalue weighted by molar-refractivity contribution is 0.0726. The summed E-state index contributed by atoms with van der Waals surface area (Å²) in [6.45, 7) is 39.3. The van der Waals surface area contributed by atoms with Crippen molar-refractivity contribution in [2.75, 3.05) is 152 Å². The van der Waals surface area contributed by atoms with Crippen LogP contribution < -0.4 is 5.32 Å². The van der Waals surface area contributed by atoms with E-state index in [4.69, 9.17) is 36.2 Å². The van der Waals surface area contributed by atoms with Gasteiger partial charge in [0.2, 0.25) is 23.6 Å². The van der Waals surface area contributed by atoms with Crippen molar-refractivity contribution in [2.24, 2.45) is 23.7 Å².